The van der Waals surface area contributed by atoms with E-state index in [-0.39, 0.29) is 5.91 Å². The van der Waals surface area contributed by atoms with Crippen LogP contribution in [0.3, 0.4) is 0 Å². The summed E-state index contributed by atoms with van der Waals surface area (Å²) >= 11 is 0. The van der Waals surface area contributed by atoms with Crippen molar-refractivity contribution in [2.24, 2.45) is 0 Å². The number of amides is 1. The highest BCUT2D eigenvalue weighted by atomic mass is 16.1. The van der Waals surface area contributed by atoms with Crippen LogP contribution in [0.25, 0.3) is 0 Å². The summed E-state index contributed by atoms with van der Waals surface area (Å²) < 4.78 is 0. The zero-order chi connectivity index (χ0) is 14.4. The molecule has 1 aliphatic heterocycles. The van der Waals surface area contributed by atoms with E-state index in [4.69, 9.17) is 0 Å². The van der Waals surface area contributed by atoms with Crippen molar-refractivity contribution in [3.8, 4) is 0 Å². The lowest BCUT2D eigenvalue weighted by atomic mass is 9.98. The Labute approximate surface area is 122 Å². The molecular formula is C17H26N2O. The number of rotatable bonds is 4. The average molecular weight is 274 g/mol. The van der Waals surface area contributed by atoms with Gasteiger partial charge in [-0.05, 0) is 39.5 Å². The number of hydrogen-bond acceptors (Lipinski definition) is 2. The van der Waals surface area contributed by atoms with E-state index >= 15 is 0 Å². The summed E-state index contributed by atoms with van der Waals surface area (Å²) in [6.07, 6.45) is 10.7. The van der Waals surface area contributed by atoms with Crippen molar-refractivity contribution in [2.75, 3.05) is 26.2 Å². The standard InChI is InChI=1S/C17H26N2O/c1-3-15-8-11-19(12-9-15)13-10-18-17(20)16-7-5-4-6-14(16)2/h3,5,7H,4,6,8-13H2,1-2H3,(H,18,20). The summed E-state index contributed by atoms with van der Waals surface area (Å²) in [6, 6.07) is 0. The Hall–Kier alpha value is -1.35. The Balaban J connectivity index is 1.71. The van der Waals surface area contributed by atoms with Crippen molar-refractivity contribution in [2.45, 2.75) is 39.5 Å². The van der Waals surface area contributed by atoms with Crippen LogP contribution in [0.5, 0.6) is 0 Å². The van der Waals surface area contributed by atoms with E-state index in [1.54, 1.807) is 5.57 Å². The van der Waals surface area contributed by atoms with Crippen molar-refractivity contribution in [1.29, 1.82) is 0 Å². The molecule has 3 heteroatoms. The molecule has 1 amide bonds. The van der Waals surface area contributed by atoms with Crippen molar-refractivity contribution in [3.05, 3.63) is 34.9 Å². The summed E-state index contributed by atoms with van der Waals surface area (Å²) in [5, 5.41) is 3.05. The monoisotopic (exact) mass is 274 g/mol. The number of piperidine rings is 1. The highest BCUT2D eigenvalue weighted by molar-refractivity contribution is 5.97. The van der Waals surface area contributed by atoms with E-state index < -0.39 is 0 Å². The predicted molar refractivity (Wildman–Crippen MR) is 83.5 cm³/mol. The third kappa shape index (κ3) is 4.07. The third-order valence-corrected chi connectivity index (χ3v) is 4.30. The minimum atomic E-state index is 0.0876. The molecule has 0 atom stereocenters. The maximum Gasteiger partial charge on any atom is 0.251 e. The second-order valence-electron chi connectivity index (χ2n) is 5.68. The molecule has 0 bridgehead atoms. The molecule has 0 aromatic rings. The number of nitrogens with one attached hydrogen (secondary N) is 1. The Morgan fingerprint density at radius 3 is 2.75 bits per heavy atom. The minimum absolute atomic E-state index is 0.0876. The van der Waals surface area contributed by atoms with Crippen LogP contribution in [-0.2, 0) is 4.79 Å². The summed E-state index contributed by atoms with van der Waals surface area (Å²) in [7, 11) is 0. The molecule has 1 heterocycles. The van der Waals surface area contributed by atoms with Gasteiger partial charge in [-0.25, -0.2) is 0 Å². The molecule has 0 radical (unpaired) electrons. The van der Waals surface area contributed by atoms with Gasteiger partial charge in [0, 0.05) is 31.8 Å². The van der Waals surface area contributed by atoms with Gasteiger partial charge in [0.25, 0.3) is 5.91 Å². The van der Waals surface area contributed by atoms with Crippen LogP contribution < -0.4 is 5.32 Å². The van der Waals surface area contributed by atoms with Crippen LogP contribution in [0.4, 0.5) is 0 Å². The highest BCUT2D eigenvalue weighted by Crippen LogP contribution is 2.18. The largest absolute Gasteiger partial charge is 0.351 e. The zero-order valence-electron chi connectivity index (χ0n) is 12.7. The summed E-state index contributed by atoms with van der Waals surface area (Å²) in [6.45, 7) is 8.13. The molecule has 20 heavy (non-hydrogen) atoms. The van der Waals surface area contributed by atoms with Gasteiger partial charge in [-0.15, -0.1) is 0 Å². The van der Waals surface area contributed by atoms with Crippen LogP contribution in [-0.4, -0.2) is 37.0 Å². The number of nitrogens with zero attached hydrogens (tertiary/aromatic N) is 1. The lowest BCUT2D eigenvalue weighted by Crippen LogP contribution is -2.38. The Bertz CT molecular complexity index is 436. The molecule has 1 aliphatic carbocycles. The SMILES string of the molecule is CC=C1CCN(CCNC(=O)C2=C(C)CCC=C2)CC1. The van der Waals surface area contributed by atoms with Gasteiger partial charge in [-0.3, -0.25) is 4.79 Å². The van der Waals surface area contributed by atoms with Crippen molar-refractivity contribution < 1.29 is 4.79 Å². The van der Waals surface area contributed by atoms with Gasteiger partial charge in [0.2, 0.25) is 0 Å². The Morgan fingerprint density at radius 1 is 1.35 bits per heavy atom. The van der Waals surface area contributed by atoms with Gasteiger partial charge in [0.1, 0.15) is 0 Å². The van der Waals surface area contributed by atoms with Crippen molar-refractivity contribution in [1.82, 2.24) is 10.2 Å². The fraction of sp³-hybridized carbons (Fsp3) is 0.588. The summed E-state index contributed by atoms with van der Waals surface area (Å²) in [4.78, 5) is 14.5. The fourth-order valence-electron chi connectivity index (χ4n) is 2.82. The van der Waals surface area contributed by atoms with Crippen LogP contribution in [0.1, 0.15) is 39.5 Å². The van der Waals surface area contributed by atoms with Gasteiger partial charge in [0.15, 0.2) is 0 Å². The second-order valence-corrected chi connectivity index (χ2v) is 5.68. The molecule has 2 rings (SSSR count). The molecule has 3 nitrogen and oxygen atoms in total. The smallest absolute Gasteiger partial charge is 0.251 e. The first kappa shape index (κ1) is 15.0. The second kappa shape index (κ2) is 7.44. The molecule has 0 unspecified atom stereocenters. The van der Waals surface area contributed by atoms with Crippen molar-refractivity contribution in [3.63, 3.8) is 0 Å². The number of allylic oxidation sites excluding steroid dienone is 3. The van der Waals surface area contributed by atoms with E-state index in [1.165, 1.54) is 18.4 Å². The summed E-state index contributed by atoms with van der Waals surface area (Å²) in [5.41, 5.74) is 3.64. The maximum absolute atomic E-state index is 12.1. The normalized spacial score (nSPS) is 20.2. The number of carbonyl (C=O) groups is 1. The Morgan fingerprint density at radius 2 is 2.10 bits per heavy atom. The zero-order valence-corrected chi connectivity index (χ0v) is 12.7. The van der Waals surface area contributed by atoms with E-state index in [1.807, 2.05) is 6.08 Å². The third-order valence-electron chi connectivity index (χ3n) is 4.30. The average Bonchev–Trinajstić information content (AvgIpc) is 2.48. The lowest BCUT2D eigenvalue weighted by Gasteiger charge is -2.28. The van der Waals surface area contributed by atoms with Crippen molar-refractivity contribution >= 4 is 5.91 Å². The van der Waals surface area contributed by atoms with Crippen LogP contribution in [0.2, 0.25) is 0 Å². The van der Waals surface area contributed by atoms with E-state index in [0.717, 1.165) is 44.6 Å². The lowest BCUT2D eigenvalue weighted by molar-refractivity contribution is -0.117. The van der Waals surface area contributed by atoms with Gasteiger partial charge >= 0.3 is 0 Å². The van der Waals surface area contributed by atoms with Gasteiger partial charge < -0.3 is 10.2 Å². The molecule has 2 aliphatic rings. The molecule has 0 aromatic heterocycles. The number of hydrogen-bond donors (Lipinski definition) is 1. The number of carbonyl (C=O) groups excluding carboxylic acids is 1. The van der Waals surface area contributed by atoms with E-state index in [0.29, 0.717) is 0 Å². The number of likely N-dealkylation sites (tertiary alicyclic amines) is 1. The topological polar surface area (TPSA) is 32.3 Å². The first-order valence-electron chi connectivity index (χ1n) is 7.71. The van der Waals surface area contributed by atoms with Crippen LogP contribution in [0, 0.1) is 0 Å². The molecule has 0 spiro atoms. The quantitative estimate of drug-likeness (QED) is 0.800. The predicted octanol–water partition coefficient (Wildman–Crippen LogP) is 2.81. The summed E-state index contributed by atoms with van der Waals surface area (Å²) in [5.74, 6) is 0.0876. The molecule has 1 N–H and O–H groups in total. The molecule has 0 aromatic carbocycles. The maximum atomic E-state index is 12.1. The minimum Gasteiger partial charge on any atom is -0.351 e. The van der Waals surface area contributed by atoms with E-state index in [9.17, 15) is 4.79 Å². The molecular weight excluding hydrogens is 248 g/mol. The molecule has 0 saturated carbocycles. The van der Waals surface area contributed by atoms with Crippen LogP contribution in [0.15, 0.2) is 34.9 Å². The van der Waals surface area contributed by atoms with Gasteiger partial charge in [-0.1, -0.05) is 29.4 Å². The molecule has 1 fully saturated rings. The van der Waals surface area contributed by atoms with E-state index in [2.05, 4.69) is 36.2 Å². The molecule has 110 valence electrons. The first-order valence-corrected chi connectivity index (χ1v) is 7.71. The highest BCUT2D eigenvalue weighted by Gasteiger charge is 2.15. The van der Waals surface area contributed by atoms with Crippen LogP contribution >= 0.6 is 0 Å². The Kier molecular flexibility index (Phi) is 5.60. The molecule has 1 saturated heterocycles. The first-order chi connectivity index (χ1) is 9.70. The fourth-order valence-corrected chi connectivity index (χ4v) is 2.82. The van der Waals surface area contributed by atoms with Gasteiger partial charge in [0.05, 0.1) is 0 Å². The van der Waals surface area contributed by atoms with Gasteiger partial charge in [-0.2, -0.15) is 0 Å².